The van der Waals surface area contributed by atoms with Gasteiger partial charge in [0.25, 0.3) is 5.69 Å². The van der Waals surface area contributed by atoms with E-state index in [-0.39, 0.29) is 17.9 Å². The smallest absolute Gasteiger partial charge is 0.338 e. The van der Waals surface area contributed by atoms with E-state index in [9.17, 15) is 19.7 Å². The number of benzene rings is 2. The first-order valence-corrected chi connectivity index (χ1v) is 8.22. The molecule has 0 aliphatic rings. The molecule has 7 heteroatoms. The molecule has 0 unspecified atom stereocenters. The molecule has 7 nitrogen and oxygen atoms in total. The number of esters is 1. The molecule has 2 aromatic carbocycles. The molecule has 3 aromatic rings. The van der Waals surface area contributed by atoms with Gasteiger partial charge in [0.15, 0.2) is 0 Å². The van der Waals surface area contributed by atoms with Crippen molar-refractivity contribution in [3.8, 4) is 0 Å². The standard InChI is InChI=1S/C20H17NO6/c1-11-4-5-14(8-17(11)21(24)25)20(23)26-10-15-9-19(22)27-18-7-13(3)12(2)6-16(15)18/h4-9H,10H2,1-3H3. The second-order valence-corrected chi connectivity index (χ2v) is 6.36. The Balaban J connectivity index is 1.90. The van der Waals surface area contributed by atoms with Crippen LogP contribution in [0.15, 0.2) is 45.6 Å². The first-order chi connectivity index (χ1) is 12.8. The third kappa shape index (κ3) is 3.72. The Morgan fingerprint density at radius 2 is 1.78 bits per heavy atom. The van der Waals surface area contributed by atoms with Gasteiger partial charge in [0, 0.05) is 28.6 Å². The molecule has 0 spiro atoms. The minimum absolute atomic E-state index is 0.0756. The Morgan fingerprint density at radius 3 is 2.48 bits per heavy atom. The van der Waals surface area contributed by atoms with E-state index in [1.165, 1.54) is 24.3 Å². The predicted octanol–water partition coefficient (Wildman–Crippen LogP) is 3.98. The van der Waals surface area contributed by atoms with Crippen LogP contribution in [0.4, 0.5) is 5.69 Å². The zero-order valence-corrected chi connectivity index (χ0v) is 15.1. The van der Waals surface area contributed by atoms with Gasteiger partial charge in [-0.3, -0.25) is 10.1 Å². The van der Waals surface area contributed by atoms with Crippen molar-refractivity contribution < 1.29 is 18.9 Å². The van der Waals surface area contributed by atoms with E-state index in [2.05, 4.69) is 0 Å². The summed E-state index contributed by atoms with van der Waals surface area (Å²) in [5, 5.41) is 11.7. The van der Waals surface area contributed by atoms with E-state index in [4.69, 9.17) is 9.15 Å². The summed E-state index contributed by atoms with van der Waals surface area (Å²) in [7, 11) is 0. The van der Waals surface area contributed by atoms with Crippen LogP contribution in [0.3, 0.4) is 0 Å². The fraction of sp³-hybridized carbons (Fsp3) is 0.200. The molecule has 0 aliphatic heterocycles. The van der Waals surface area contributed by atoms with E-state index < -0.39 is 16.5 Å². The molecular formula is C20H17NO6. The number of carbonyl (C=O) groups excluding carboxylic acids is 1. The van der Waals surface area contributed by atoms with Crippen molar-refractivity contribution in [2.45, 2.75) is 27.4 Å². The van der Waals surface area contributed by atoms with Crippen molar-refractivity contribution in [1.29, 1.82) is 0 Å². The summed E-state index contributed by atoms with van der Waals surface area (Å²) in [5.74, 6) is -0.705. The first kappa shape index (κ1) is 18.3. The van der Waals surface area contributed by atoms with E-state index in [0.717, 1.165) is 11.1 Å². The third-order valence-electron chi connectivity index (χ3n) is 4.44. The number of nitro groups is 1. The van der Waals surface area contributed by atoms with Gasteiger partial charge in [0.05, 0.1) is 10.5 Å². The Bertz CT molecular complexity index is 1130. The minimum Gasteiger partial charge on any atom is -0.457 e. The summed E-state index contributed by atoms with van der Waals surface area (Å²) in [6, 6.07) is 9.06. The normalized spacial score (nSPS) is 10.8. The van der Waals surface area contributed by atoms with Crippen molar-refractivity contribution >= 4 is 22.6 Å². The number of nitrogens with zero attached hydrogens (tertiary/aromatic N) is 1. The van der Waals surface area contributed by atoms with Crippen molar-refractivity contribution in [3.63, 3.8) is 0 Å². The van der Waals surface area contributed by atoms with E-state index in [1.54, 1.807) is 13.0 Å². The van der Waals surface area contributed by atoms with Gasteiger partial charge in [-0.15, -0.1) is 0 Å². The highest BCUT2D eigenvalue weighted by atomic mass is 16.6. The van der Waals surface area contributed by atoms with E-state index in [0.29, 0.717) is 22.1 Å². The molecule has 0 atom stereocenters. The molecule has 1 heterocycles. The third-order valence-corrected chi connectivity index (χ3v) is 4.44. The molecule has 0 amide bonds. The van der Waals surface area contributed by atoms with Gasteiger partial charge >= 0.3 is 11.6 Å². The number of ether oxygens (including phenoxy) is 1. The molecule has 138 valence electrons. The van der Waals surface area contributed by atoms with Crippen LogP contribution in [-0.2, 0) is 11.3 Å². The monoisotopic (exact) mass is 367 g/mol. The zero-order valence-electron chi connectivity index (χ0n) is 15.1. The number of rotatable bonds is 4. The molecule has 0 saturated heterocycles. The Kier molecular flexibility index (Phi) is 4.77. The molecule has 0 radical (unpaired) electrons. The highest BCUT2D eigenvalue weighted by molar-refractivity contribution is 5.90. The van der Waals surface area contributed by atoms with E-state index >= 15 is 0 Å². The lowest BCUT2D eigenvalue weighted by atomic mass is 10.0. The van der Waals surface area contributed by atoms with Gasteiger partial charge in [-0.05, 0) is 50.1 Å². The molecule has 0 bridgehead atoms. The lowest BCUT2D eigenvalue weighted by molar-refractivity contribution is -0.385. The second-order valence-electron chi connectivity index (χ2n) is 6.36. The maximum atomic E-state index is 12.3. The Labute approximate surface area is 154 Å². The zero-order chi connectivity index (χ0) is 19.7. The fourth-order valence-electron chi connectivity index (χ4n) is 2.76. The summed E-state index contributed by atoms with van der Waals surface area (Å²) in [5.41, 5.74) is 2.76. The lowest BCUT2D eigenvalue weighted by Gasteiger charge is -2.09. The first-order valence-electron chi connectivity index (χ1n) is 8.22. The van der Waals surface area contributed by atoms with Crippen LogP contribution in [0, 0.1) is 30.9 Å². The van der Waals surface area contributed by atoms with Gasteiger partial charge in [-0.25, -0.2) is 9.59 Å². The van der Waals surface area contributed by atoms with Gasteiger partial charge in [0.1, 0.15) is 12.2 Å². The van der Waals surface area contributed by atoms with Crippen molar-refractivity contribution in [3.05, 3.63) is 84.7 Å². The minimum atomic E-state index is -0.705. The summed E-state index contributed by atoms with van der Waals surface area (Å²) in [6.45, 7) is 5.28. The summed E-state index contributed by atoms with van der Waals surface area (Å²) < 4.78 is 10.5. The highest BCUT2D eigenvalue weighted by Gasteiger charge is 2.17. The number of nitro benzene ring substituents is 1. The van der Waals surface area contributed by atoms with Gasteiger partial charge < -0.3 is 9.15 Å². The molecule has 0 N–H and O–H groups in total. The Hall–Kier alpha value is -3.48. The van der Waals surface area contributed by atoms with Crippen molar-refractivity contribution in [1.82, 2.24) is 0 Å². The second kappa shape index (κ2) is 7.03. The molecule has 0 saturated carbocycles. The molecule has 3 rings (SSSR count). The highest BCUT2D eigenvalue weighted by Crippen LogP contribution is 2.23. The summed E-state index contributed by atoms with van der Waals surface area (Å²) in [4.78, 5) is 34.6. The number of hydrogen-bond donors (Lipinski definition) is 0. The topological polar surface area (TPSA) is 99.7 Å². The fourth-order valence-corrected chi connectivity index (χ4v) is 2.76. The van der Waals surface area contributed by atoms with E-state index in [1.807, 2.05) is 19.9 Å². The number of aryl methyl sites for hydroxylation is 3. The number of carbonyl (C=O) groups is 1. The van der Waals surface area contributed by atoms with Gasteiger partial charge in [0.2, 0.25) is 0 Å². The quantitative estimate of drug-likeness (QED) is 0.299. The van der Waals surface area contributed by atoms with Crippen molar-refractivity contribution in [2.24, 2.45) is 0 Å². The maximum absolute atomic E-state index is 12.3. The molecule has 27 heavy (non-hydrogen) atoms. The van der Waals surface area contributed by atoms with Crippen LogP contribution in [-0.4, -0.2) is 10.9 Å². The largest absolute Gasteiger partial charge is 0.457 e. The summed E-state index contributed by atoms with van der Waals surface area (Å²) >= 11 is 0. The molecule has 1 aromatic heterocycles. The molecular weight excluding hydrogens is 350 g/mol. The van der Waals surface area contributed by atoms with Crippen LogP contribution >= 0.6 is 0 Å². The average Bonchev–Trinajstić information content (AvgIpc) is 2.61. The summed E-state index contributed by atoms with van der Waals surface area (Å²) in [6.07, 6.45) is 0. The predicted molar refractivity (Wildman–Crippen MR) is 98.9 cm³/mol. The van der Waals surface area contributed by atoms with Crippen LogP contribution in [0.2, 0.25) is 0 Å². The number of hydrogen-bond acceptors (Lipinski definition) is 6. The van der Waals surface area contributed by atoms with Crippen LogP contribution < -0.4 is 5.63 Å². The average molecular weight is 367 g/mol. The van der Waals surface area contributed by atoms with Crippen molar-refractivity contribution in [2.75, 3.05) is 0 Å². The SMILES string of the molecule is Cc1cc2oc(=O)cc(COC(=O)c3ccc(C)c([N+](=O)[O-])c3)c2cc1C. The van der Waals surface area contributed by atoms with Gasteiger partial charge in [-0.2, -0.15) is 0 Å². The van der Waals surface area contributed by atoms with Crippen LogP contribution in [0.5, 0.6) is 0 Å². The van der Waals surface area contributed by atoms with Crippen LogP contribution in [0.25, 0.3) is 11.0 Å². The maximum Gasteiger partial charge on any atom is 0.338 e. The molecule has 0 aliphatic carbocycles. The number of fused-ring (bicyclic) bond motifs is 1. The lowest BCUT2D eigenvalue weighted by Crippen LogP contribution is -2.09. The Morgan fingerprint density at radius 1 is 1.07 bits per heavy atom. The van der Waals surface area contributed by atoms with Crippen LogP contribution in [0.1, 0.15) is 32.6 Å². The van der Waals surface area contributed by atoms with Gasteiger partial charge in [-0.1, -0.05) is 6.07 Å². The molecule has 0 fully saturated rings.